The molecule has 0 aromatic heterocycles. The standard InChI is InChI=1S/C13H14O2/c1-3-5-12-9-11(10-14)6-7-13(12)15-8-4-2/h3-4,6-7,9-10H,1-2,5,8H2. The fourth-order valence-corrected chi connectivity index (χ4v) is 1.28. The van der Waals surface area contributed by atoms with Crippen molar-refractivity contribution < 1.29 is 9.53 Å². The number of carbonyl (C=O) groups is 1. The minimum atomic E-state index is 0.463. The summed E-state index contributed by atoms with van der Waals surface area (Å²) in [4.78, 5) is 10.6. The SMILES string of the molecule is C=CCOc1ccc(C=O)cc1CC=C. The highest BCUT2D eigenvalue weighted by Crippen LogP contribution is 2.20. The van der Waals surface area contributed by atoms with Crippen LogP contribution < -0.4 is 4.74 Å². The number of aldehydes is 1. The first-order valence-electron chi connectivity index (χ1n) is 4.74. The average Bonchev–Trinajstić information content (AvgIpc) is 2.27. The predicted octanol–water partition coefficient (Wildman–Crippen LogP) is 2.79. The number of ether oxygens (including phenoxy) is 1. The molecule has 0 aliphatic heterocycles. The van der Waals surface area contributed by atoms with Crippen molar-refractivity contribution in [3.63, 3.8) is 0 Å². The molecule has 2 heteroatoms. The minimum Gasteiger partial charge on any atom is -0.489 e. The van der Waals surface area contributed by atoms with Gasteiger partial charge in [0.15, 0.2) is 0 Å². The van der Waals surface area contributed by atoms with Gasteiger partial charge in [0, 0.05) is 5.56 Å². The highest BCUT2D eigenvalue weighted by molar-refractivity contribution is 5.75. The second-order valence-electron chi connectivity index (χ2n) is 3.08. The lowest BCUT2D eigenvalue weighted by Crippen LogP contribution is -1.98. The van der Waals surface area contributed by atoms with Gasteiger partial charge >= 0.3 is 0 Å². The van der Waals surface area contributed by atoms with E-state index < -0.39 is 0 Å². The van der Waals surface area contributed by atoms with E-state index in [2.05, 4.69) is 13.2 Å². The molecule has 0 heterocycles. The molecule has 0 unspecified atom stereocenters. The van der Waals surface area contributed by atoms with Crippen LogP contribution in [0.4, 0.5) is 0 Å². The molecule has 0 atom stereocenters. The van der Waals surface area contributed by atoms with Crippen molar-refractivity contribution in [2.45, 2.75) is 6.42 Å². The van der Waals surface area contributed by atoms with Crippen LogP contribution in [0, 0.1) is 0 Å². The summed E-state index contributed by atoms with van der Waals surface area (Å²) in [6.07, 6.45) is 4.98. The Labute approximate surface area is 89.9 Å². The number of carbonyl (C=O) groups excluding carboxylic acids is 1. The van der Waals surface area contributed by atoms with E-state index in [4.69, 9.17) is 4.74 Å². The summed E-state index contributed by atoms with van der Waals surface area (Å²) in [5, 5.41) is 0. The second kappa shape index (κ2) is 5.81. The van der Waals surface area contributed by atoms with Crippen molar-refractivity contribution in [3.8, 4) is 5.75 Å². The molecule has 0 N–H and O–H groups in total. The van der Waals surface area contributed by atoms with Crippen molar-refractivity contribution in [2.75, 3.05) is 6.61 Å². The normalized spacial score (nSPS) is 9.33. The van der Waals surface area contributed by atoms with E-state index in [1.807, 2.05) is 6.07 Å². The maximum absolute atomic E-state index is 10.6. The van der Waals surface area contributed by atoms with E-state index in [9.17, 15) is 4.79 Å². The summed E-state index contributed by atoms with van der Waals surface area (Å²) in [7, 11) is 0. The maximum Gasteiger partial charge on any atom is 0.150 e. The van der Waals surface area contributed by atoms with E-state index in [1.165, 1.54) is 0 Å². The second-order valence-corrected chi connectivity index (χ2v) is 3.08. The van der Waals surface area contributed by atoms with Crippen LogP contribution in [0.1, 0.15) is 15.9 Å². The van der Waals surface area contributed by atoms with Gasteiger partial charge in [0.2, 0.25) is 0 Å². The number of allylic oxidation sites excluding steroid dienone is 1. The number of benzene rings is 1. The number of rotatable bonds is 6. The Balaban J connectivity index is 2.96. The zero-order valence-corrected chi connectivity index (χ0v) is 8.61. The summed E-state index contributed by atoms with van der Waals surface area (Å²) in [6.45, 7) is 7.72. The van der Waals surface area contributed by atoms with Crippen molar-refractivity contribution in [3.05, 3.63) is 54.6 Å². The van der Waals surface area contributed by atoms with Gasteiger partial charge in [-0.3, -0.25) is 4.79 Å². The Morgan fingerprint density at radius 1 is 1.27 bits per heavy atom. The first kappa shape index (κ1) is 11.2. The van der Waals surface area contributed by atoms with E-state index in [0.29, 0.717) is 18.6 Å². The van der Waals surface area contributed by atoms with E-state index in [-0.39, 0.29) is 0 Å². The number of hydrogen-bond acceptors (Lipinski definition) is 2. The van der Waals surface area contributed by atoms with Gasteiger partial charge in [-0.25, -0.2) is 0 Å². The van der Waals surface area contributed by atoms with Gasteiger partial charge < -0.3 is 4.74 Å². The molecule has 78 valence electrons. The maximum atomic E-state index is 10.6. The van der Waals surface area contributed by atoms with E-state index >= 15 is 0 Å². The van der Waals surface area contributed by atoms with Gasteiger partial charge in [-0.15, -0.1) is 6.58 Å². The first-order valence-corrected chi connectivity index (χ1v) is 4.74. The lowest BCUT2D eigenvalue weighted by molar-refractivity contribution is 0.112. The molecule has 0 amide bonds. The Hall–Kier alpha value is -1.83. The molecular formula is C13H14O2. The zero-order valence-electron chi connectivity index (χ0n) is 8.61. The van der Waals surface area contributed by atoms with Gasteiger partial charge in [0.1, 0.15) is 18.6 Å². The van der Waals surface area contributed by atoms with E-state index in [1.54, 1.807) is 24.3 Å². The summed E-state index contributed by atoms with van der Waals surface area (Å²) >= 11 is 0. The average molecular weight is 202 g/mol. The highest BCUT2D eigenvalue weighted by atomic mass is 16.5. The van der Waals surface area contributed by atoms with Crippen LogP contribution in [0.5, 0.6) is 5.75 Å². The fourth-order valence-electron chi connectivity index (χ4n) is 1.28. The Morgan fingerprint density at radius 2 is 2.07 bits per heavy atom. The van der Waals surface area contributed by atoms with Crippen LogP contribution in [0.15, 0.2) is 43.5 Å². The lowest BCUT2D eigenvalue weighted by atomic mass is 10.1. The fraction of sp³-hybridized carbons (Fsp3) is 0.154. The molecule has 0 spiro atoms. The Kier molecular flexibility index (Phi) is 4.35. The first-order chi connectivity index (χ1) is 7.31. The third kappa shape index (κ3) is 3.09. The highest BCUT2D eigenvalue weighted by Gasteiger charge is 2.02. The van der Waals surface area contributed by atoms with Crippen LogP contribution in [-0.4, -0.2) is 12.9 Å². The summed E-state index contributed by atoms with van der Waals surface area (Å²) < 4.78 is 5.46. The Bertz CT molecular complexity index is 367. The molecule has 0 aliphatic rings. The van der Waals surface area contributed by atoms with Crippen LogP contribution in [0.3, 0.4) is 0 Å². The molecule has 0 radical (unpaired) electrons. The molecule has 0 fully saturated rings. The van der Waals surface area contributed by atoms with Crippen LogP contribution in [-0.2, 0) is 6.42 Å². The van der Waals surface area contributed by atoms with Gasteiger partial charge in [0.25, 0.3) is 0 Å². The van der Waals surface area contributed by atoms with Crippen LogP contribution in [0.2, 0.25) is 0 Å². The van der Waals surface area contributed by atoms with Gasteiger partial charge in [-0.05, 0) is 30.2 Å². The van der Waals surface area contributed by atoms with Gasteiger partial charge in [-0.2, -0.15) is 0 Å². The molecule has 1 rings (SSSR count). The molecule has 1 aromatic carbocycles. The monoisotopic (exact) mass is 202 g/mol. The van der Waals surface area contributed by atoms with Crippen LogP contribution in [0.25, 0.3) is 0 Å². The van der Waals surface area contributed by atoms with Crippen molar-refractivity contribution in [1.82, 2.24) is 0 Å². The summed E-state index contributed by atoms with van der Waals surface area (Å²) in [6, 6.07) is 5.34. The topological polar surface area (TPSA) is 26.3 Å². The number of hydrogen-bond donors (Lipinski definition) is 0. The van der Waals surface area contributed by atoms with Gasteiger partial charge in [-0.1, -0.05) is 18.7 Å². The van der Waals surface area contributed by atoms with Crippen molar-refractivity contribution in [1.29, 1.82) is 0 Å². The van der Waals surface area contributed by atoms with E-state index in [0.717, 1.165) is 17.6 Å². The molecule has 2 nitrogen and oxygen atoms in total. The zero-order chi connectivity index (χ0) is 11.1. The molecule has 0 aliphatic carbocycles. The summed E-state index contributed by atoms with van der Waals surface area (Å²) in [5.41, 5.74) is 1.62. The molecule has 1 aromatic rings. The molecule has 15 heavy (non-hydrogen) atoms. The molecule has 0 saturated carbocycles. The minimum absolute atomic E-state index is 0.463. The van der Waals surface area contributed by atoms with Gasteiger partial charge in [0.05, 0.1) is 0 Å². The lowest BCUT2D eigenvalue weighted by Gasteiger charge is -2.09. The quantitative estimate of drug-likeness (QED) is 0.523. The third-order valence-electron chi connectivity index (χ3n) is 1.94. The Morgan fingerprint density at radius 3 is 2.67 bits per heavy atom. The molecule has 0 saturated heterocycles. The van der Waals surface area contributed by atoms with Crippen LogP contribution >= 0.6 is 0 Å². The summed E-state index contributed by atoms with van der Waals surface area (Å²) in [5.74, 6) is 0.778. The third-order valence-corrected chi connectivity index (χ3v) is 1.94. The smallest absolute Gasteiger partial charge is 0.150 e. The molecule has 0 bridgehead atoms. The van der Waals surface area contributed by atoms with Crippen molar-refractivity contribution in [2.24, 2.45) is 0 Å². The largest absolute Gasteiger partial charge is 0.489 e. The molecular weight excluding hydrogens is 188 g/mol. The predicted molar refractivity (Wildman–Crippen MR) is 61.4 cm³/mol. The van der Waals surface area contributed by atoms with Crippen molar-refractivity contribution >= 4 is 6.29 Å².